The summed E-state index contributed by atoms with van der Waals surface area (Å²) in [6.07, 6.45) is -4.42. The largest absolute Gasteiger partial charge is 0.416 e. The summed E-state index contributed by atoms with van der Waals surface area (Å²) < 4.78 is 39.0. The van der Waals surface area contributed by atoms with Crippen LogP contribution in [0.4, 0.5) is 13.2 Å². The highest BCUT2D eigenvalue weighted by atomic mass is 19.4. The van der Waals surface area contributed by atoms with Crippen molar-refractivity contribution >= 4 is 11.8 Å². The fraction of sp³-hybridized carbons (Fsp3) is 0.500. The van der Waals surface area contributed by atoms with Crippen LogP contribution in [-0.4, -0.2) is 47.8 Å². The van der Waals surface area contributed by atoms with Gasteiger partial charge in [0.25, 0.3) is 0 Å². The van der Waals surface area contributed by atoms with Crippen molar-refractivity contribution in [2.24, 2.45) is 0 Å². The minimum Gasteiger partial charge on any atom is -0.342 e. The molecule has 126 valence electrons. The Balaban J connectivity index is 2.21. The molecule has 0 radical (unpaired) electrons. The fourth-order valence-electron chi connectivity index (χ4n) is 2.82. The van der Waals surface area contributed by atoms with Gasteiger partial charge in [0.05, 0.1) is 12.0 Å². The second-order valence-electron chi connectivity index (χ2n) is 5.60. The molecule has 4 nitrogen and oxygen atoms in total. The van der Waals surface area contributed by atoms with Crippen LogP contribution in [-0.2, 0) is 22.2 Å². The summed E-state index contributed by atoms with van der Waals surface area (Å²) in [5, 5.41) is 0. The molecular weight excluding hydrogens is 309 g/mol. The standard InChI is InChI=1S/C16H19F3N2O2/c1-3-13-15(23)20(2)8-9-21(13)14(22)10-11-6-4-5-7-12(11)16(17,18)19/h4-7,13H,3,8-10H2,1-2H3. The predicted octanol–water partition coefficient (Wildman–Crippen LogP) is 2.33. The van der Waals surface area contributed by atoms with Crippen LogP contribution in [0.5, 0.6) is 0 Å². The van der Waals surface area contributed by atoms with E-state index in [1.165, 1.54) is 23.1 Å². The average Bonchev–Trinajstić information content (AvgIpc) is 2.49. The Hall–Kier alpha value is -2.05. The second-order valence-corrected chi connectivity index (χ2v) is 5.60. The number of alkyl halides is 3. The molecule has 2 rings (SSSR count). The molecule has 1 aliphatic rings. The van der Waals surface area contributed by atoms with Gasteiger partial charge in [-0.25, -0.2) is 0 Å². The fourth-order valence-corrected chi connectivity index (χ4v) is 2.82. The zero-order valence-electron chi connectivity index (χ0n) is 13.1. The van der Waals surface area contributed by atoms with Gasteiger partial charge in [-0.15, -0.1) is 0 Å². The number of halogens is 3. The summed E-state index contributed by atoms with van der Waals surface area (Å²) >= 11 is 0. The SMILES string of the molecule is CCC1C(=O)N(C)CCN1C(=O)Cc1ccccc1C(F)(F)F. The van der Waals surface area contributed by atoms with E-state index < -0.39 is 23.7 Å². The van der Waals surface area contributed by atoms with E-state index in [-0.39, 0.29) is 17.9 Å². The van der Waals surface area contributed by atoms with Crippen molar-refractivity contribution in [3.63, 3.8) is 0 Å². The lowest BCUT2D eigenvalue weighted by atomic mass is 10.0. The van der Waals surface area contributed by atoms with Crippen molar-refractivity contribution < 1.29 is 22.8 Å². The summed E-state index contributed by atoms with van der Waals surface area (Å²) in [5.74, 6) is -0.619. The minimum atomic E-state index is -4.50. The third kappa shape index (κ3) is 3.65. The molecule has 0 N–H and O–H groups in total. The topological polar surface area (TPSA) is 40.6 Å². The number of benzene rings is 1. The van der Waals surface area contributed by atoms with Crippen molar-refractivity contribution in [2.45, 2.75) is 32.0 Å². The van der Waals surface area contributed by atoms with Crippen molar-refractivity contribution in [3.8, 4) is 0 Å². The average molecular weight is 328 g/mol. The van der Waals surface area contributed by atoms with Gasteiger partial charge in [0.2, 0.25) is 11.8 Å². The van der Waals surface area contributed by atoms with Gasteiger partial charge in [-0.05, 0) is 18.1 Å². The number of piperazine rings is 1. The molecule has 7 heteroatoms. The smallest absolute Gasteiger partial charge is 0.342 e. The highest BCUT2D eigenvalue weighted by Crippen LogP contribution is 2.32. The summed E-state index contributed by atoms with van der Waals surface area (Å²) in [5.41, 5.74) is -0.868. The van der Waals surface area contributed by atoms with Crippen molar-refractivity contribution in [2.75, 3.05) is 20.1 Å². The third-order valence-corrected chi connectivity index (χ3v) is 4.09. The Morgan fingerprint density at radius 2 is 1.91 bits per heavy atom. The number of nitrogens with zero attached hydrogens (tertiary/aromatic N) is 2. The third-order valence-electron chi connectivity index (χ3n) is 4.09. The first-order valence-electron chi connectivity index (χ1n) is 7.45. The van der Waals surface area contributed by atoms with Gasteiger partial charge >= 0.3 is 6.18 Å². The number of carbonyl (C=O) groups excluding carboxylic acids is 2. The van der Waals surface area contributed by atoms with E-state index in [0.717, 1.165) is 6.07 Å². The van der Waals surface area contributed by atoms with Crippen molar-refractivity contribution in [1.82, 2.24) is 9.80 Å². The highest BCUT2D eigenvalue weighted by molar-refractivity contribution is 5.89. The maximum absolute atomic E-state index is 13.0. The minimum absolute atomic E-state index is 0.0637. The van der Waals surface area contributed by atoms with Crippen LogP contribution in [0.15, 0.2) is 24.3 Å². The van der Waals surface area contributed by atoms with Crippen molar-refractivity contribution in [1.29, 1.82) is 0 Å². The molecule has 1 unspecified atom stereocenters. The van der Waals surface area contributed by atoms with E-state index in [1.807, 2.05) is 0 Å². The molecule has 0 bridgehead atoms. The molecular formula is C16H19F3N2O2. The molecule has 1 aromatic rings. The van der Waals surface area contributed by atoms with Gasteiger partial charge in [0, 0.05) is 20.1 Å². The van der Waals surface area contributed by atoms with Gasteiger partial charge in [-0.2, -0.15) is 13.2 Å². The molecule has 0 spiro atoms. The Morgan fingerprint density at radius 3 is 2.52 bits per heavy atom. The number of amides is 2. The molecule has 23 heavy (non-hydrogen) atoms. The lowest BCUT2D eigenvalue weighted by molar-refractivity contribution is -0.150. The molecule has 1 atom stereocenters. The van der Waals surface area contributed by atoms with Crippen LogP contribution in [0.2, 0.25) is 0 Å². The summed E-state index contributed by atoms with van der Waals surface area (Å²) in [7, 11) is 1.66. The molecule has 0 aromatic heterocycles. The van der Waals surface area contributed by atoms with Crippen LogP contribution < -0.4 is 0 Å². The lowest BCUT2D eigenvalue weighted by Crippen LogP contribution is -2.57. The van der Waals surface area contributed by atoms with E-state index in [9.17, 15) is 22.8 Å². The van der Waals surface area contributed by atoms with Gasteiger partial charge in [-0.1, -0.05) is 25.1 Å². The monoisotopic (exact) mass is 328 g/mol. The summed E-state index contributed by atoms with van der Waals surface area (Å²) in [4.78, 5) is 27.5. The molecule has 0 saturated carbocycles. The Kier molecular flexibility index (Phi) is 4.97. The first kappa shape index (κ1) is 17.3. The maximum atomic E-state index is 13.0. The first-order valence-corrected chi connectivity index (χ1v) is 7.45. The van der Waals surface area contributed by atoms with Gasteiger partial charge < -0.3 is 9.80 Å². The molecule has 0 aliphatic carbocycles. The maximum Gasteiger partial charge on any atom is 0.416 e. The predicted molar refractivity (Wildman–Crippen MR) is 78.6 cm³/mol. The van der Waals surface area contributed by atoms with Gasteiger partial charge in [0.1, 0.15) is 6.04 Å². The molecule has 1 aliphatic heterocycles. The Morgan fingerprint density at radius 1 is 1.26 bits per heavy atom. The highest BCUT2D eigenvalue weighted by Gasteiger charge is 2.37. The van der Waals surface area contributed by atoms with Crippen LogP contribution in [0.1, 0.15) is 24.5 Å². The lowest BCUT2D eigenvalue weighted by Gasteiger charge is -2.39. The van der Waals surface area contributed by atoms with E-state index >= 15 is 0 Å². The number of rotatable bonds is 3. The summed E-state index contributed by atoms with van der Waals surface area (Å²) in [6, 6.07) is 4.45. The molecule has 1 fully saturated rings. The summed E-state index contributed by atoms with van der Waals surface area (Å²) in [6.45, 7) is 2.52. The Bertz CT molecular complexity index is 601. The van der Waals surface area contributed by atoms with Crippen LogP contribution in [0, 0.1) is 0 Å². The van der Waals surface area contributed by atoms with Gasteiger partial charge in [-0.3, -0.25) is 9.59 Å². The van der Waals surface area contributed by atoms with E-state index in [4.69, 9.17) is 0 Å². The second kappa shape index (κ2) is 6.60. The van der Waals surface area contributed by atoms with Gasteiger partial charge in [0.15, 0.2) is 0 Å². The molecule has 1 aromatic carbocycles. The number of hydrogen-bond donors (Lipinski definition) is 0. The van der Waals surface area contributed by atoms with Crippen LogP contribution >= 0.6 is 0 Å². The molecule has 1 heterocycles. The Labute approximate surface area is 132 Å². The first-order chi connectivity index (χ1) is 10.8. The quantitative estimate of drug-likeness (QED) is 0.854. The number of likely N-dealkylation sites (N-methyl/N-ethyl adjacent to an activating group) is 1. The molecule has 2 amide bonds. The van der Waals surface area contributed by atoms with E-state index in [1.54, 1.807) is 18.9 Å². The number of carbonyl (C=O) groups is 2. The van der Waals surface area contributed by atoms with Crippen molar-refractivity contribution in [3.05, 3.63) is 35.4 Å². The van der Waals surface area contributed by atoms with Crippen LogP contribution in [0.3, 0.4) is 0 Å². The zero-order valence-corrected chi connectivity index (χ0v) is 13.1. The zero-order chi connectivity index (χ0) is 17.2. The molecule has 1 saturated heterocycles. The number of hydrogen-bond acceptors (Lipinski definition) is 2. The van der Waals surface area contributed by atoms with E-state index in [0.29, 0.717) is 19.5 Å². The van der Waals surface area contributed by atoms with Crippen LogP contribution in [0.25, 0.3) is 0 Å². The van der Waals surface area contributed by atoms with E-state index in [2.05, 4.69) is 0 Å². The normalized spacial score (nSPS) is 19.2.